The van der Waals surface area contributed by atoms with E-state index >= 15 is 0 Å². The highest BCUT2D eigenvalue weighted by Gasteiger charge is 2.24. The average molecular weight is 703 g/mol. The van der Waals surface area contributed by atoms with Gasteiger partial charge in [-0.2, -0.15) is 0 Å². The zero-order chi connectivity index (χ0) is 37.8. The summed E-state index contributed by atoms with van der Waals surface area (Å²) < 4.78 is 1.50. The third-order valence-corrected chi connectivity index (χ3v) is 11.2. The minimum atomic E-state index is 0.196. The largest absolute Gasteiger partial charge is 0.208 e. The van der Waals surface area contributed by atoms with Crippen LogP contribution in [0.25, 0.3) is 87.7 Å². The Bertz CT molecular complexity index is 2800. The lowest BCUT2D eigenvalue weighted by Gasteiger charge is -2.18. The Balaban J connectivity index is 1.30. The molecule has 2 aromatic heterocycles. The van der Waals surface area contributed by atoms with Gasteiger partial charge in [0.25, 0.3) is 0 Å². The normalized spacial score (nSPS) is 11.3. The number of rotatable bonds is 6. The predicted octanol–water partition coefficient (Wildman–Crippen LogP) is 5.00. The fourth-order valence-electron chi connectivity index (χ4n) is 7.11. The Morgan fingerprint density at radius 2 is 0.618 bits per heavy atom. The van der Waals surface area contributed by atoms with Crippen LogP contribution in [0.15, 0.2) is 140 Å². The molecule has 10 heteroatoms. The van der Waals surface area contributed by atoms with E-state index in [9.17, 15) is 0 Å². The molecule has 0 atom stereocenters. The second-order valence-corrected chi connectivity index (χ2v) is 14.3. The molecule has 0 bridgehead atoms. The average Bonchev–Trinajstić information content (AvgIpc) is 3.63. The molecule has 0 amide bonds. The fourth-order valence-corrected chi connectivity index (χ4v) is 8.58. The summed E-state index contributed by atoms with van der Waals surface area (Å²) in [7, 11) is 40.5. The molecule has 0 saturated heterocycles. The highest BCUT2D eigenvalue weighted by atomic mass is 32.1. The Labute approximate surface area is 331 Å². The maximum absolute atomic E-state index is 6.92. The van der Waals surface area contributed by atoms with Crippen LogP contribution in [-0.4, -0.2) is 62.0 Å². The van der Waals surface area contributed by atoms with Crippen LogP contribution in [0.4, 0.5) is 0 Å². The van der Waals surface area contributed by atoms with E-state index in [2.05, 4.69) is 48.5 Å². The Morgan fingerprint density at radius 1 is 0.291 bits per heavy atom. The SMILES string of the molecule is [B]c1c([B])c([B])c2c(sc3c(-c4nc(-c5ccc(-c6ccccc6)cc5)nc(-c5ccc(-c6ccccc6)cc5)n4)c([B])c([B])c([B])c32)c1-c1ccccc1. The van der Waals surface area contributed by atoms with Crippen molar-refractivity contribution in [3.63, 3.8) is 0 Å². The van der Waals surface area contributed by atoms with Gasteiger partial charge in [-0.3, -0.25) is 0 Å². The molecule has 0 unspecified atom stereocenters. The maximum Gasteiger partial charge on any atom is 0.164 e. The lowest BCUT2D eigenvalue weighted by Crippen LogP contribution is -2.42. The number of aromatic nitrogens is 3. The van der Waals surface area contributed by atoms with Crippen LogP contribution in [0.5, 0.6) is 0 Å². The molecule has 0 spiro atoms. The third kappa shape index (κ3) is 6.06. The summed E-state index contributed by atoms with van der Waals surface area (Å²) in [5, 5.41) is 1.27. The van der Waals surface area contributed by atoms with E-state index in [1.54, 1.807) is 0 Å². The fraction of sp³-hybridized carbons (Fsp3) is 0. The lowest BCUT2D eigenvalue weighted by atomic mass is 9.65. The summed E-state index contributed by atoms with van der Waals surface area (Å²) in [5.41, 5.74) is 9.82. The van der Waals surface area contributed by atoms with Crippen LogP contribution in [0.2, 0.25) is 0 Å². The zero-order valence-electron chi connectivity index (χ0n) is 29.5. The standard InChI is InChI=1S/C45H23B6N3S/c46-35-31(28-14-8-3-9-15-28)41-32(36(47)39(35)50)33-37(48)40(51)38(49)34(42(33)55-41)45-53-43(29-20-16-26(17-21-29)24-10-4-1-5-11-24)52-44(54-45)30-22-18-27(19-23-30)25-12-6-2-7-13-25/h1-23H. The predicted molar refractivity (Wildman–Crippen MR) is 238 cm³/mol. The first kappa shape index (κ1) is 34.9. The molecule has 55 heavy (non-hydrogen) atoms. The van der Waals surface area contributed by atoms with E-state index in [0.717, 1.165) is 49.2 Å². The van der Waals surface area contributed by atoms with E-state index in [0.29, 0.717) is 54.9 Å². The van der Waals surface area contributed by atoms with Crippen LogP contribution in [0.1, 0.15) is 0 Å². The van der Waals surface area contributed by atoms with Crippen molar-refractivity contribution in [2.45, 2.75) is 0 Å². The Hall–Kier alpha value is -5.84. The summed E-state index contributed by atoms with van der Waals surface area (Å²) in [6, 6.07) is 46.5. The molecule has 2 heterocycles. The second-order valence-electron chi connectivity index (χ2n) is 13.3. The summed E-state index contributed by atoms with van der Waals surface area (Å²) in [6.07, 6.45) is 0. The van der Waals surface area contributed by atoms with Crippen LogP contribution in [0.3, 0.4) is 0 Å². The Kier molecular flexibility index (Phi) is 8.95. The number of hydrogen-bond acceptors (Lipinski definition) is 4. The number of fused-ring (bicyclic) bond motifs is 3. The van der Waals surface area contributed by atoms with E-state index in [1.165, 1.54) is 11.3 Å². The van der Waals surface area contributed by atoms with E-state index in [4.69, 9.17) is 62.0 Å². The molecule has 0 aliphatic heterocycles. The molecule has 3 nitrogen and oxygen atoms in total. The molecule has 0 aliphatic carbocycles. The summed E-state index contributed by atoms with van der Waals surface area (Å²) in [4.78, 5) is 15.2. The highest BCUT2D eigenvalue weighted by molar-refractivity contribution is 7.27. The minimum Gasteiger partial charge on any atom is -0.208 e. The van der Waals surface area contributed by atoms with E-state index in [1.807, 2.05) is 91.0 Å². The van der Waals surface area contributed by atoms with Crippen LogP contribution < -0.4 is 32.8 Å². The van der Waals surface area contributed by atoms with Crippen molar-refractivity contribution >= 4 is 111 Å². The van der Waals surface area contributed by atoms with Gasteiger partial charge in [0.15, 0.2) is 17.5 Å². The smallest absolute Gasteiger partial charge is 0.164 e. The molecule has 9 aromatic rings. The van der Waals surface area contributed by atoms with Crippen molar-refractivity contribution in [1.29, 1.82) is 0 Å². The van der Waals surface area contributed by atoms with Gasteiger partial charge in [-0.05, 0) is 44.2 Å². The van der Waals surface area contributed by atoms with Gasteiger partial charge >= 0.3 is 0 Å². The second kappa shape index (κ2) is 14.1. The first-order valence-electron chi connectivity index (χ1n) is 17.6. The summed E-state index contributed by atoms with van der Waals surface area (Å²) >= 11 is 1.45. The van der Waals surface area contributed by atoms with Gasteiger partial charge < -0.3 is 0 Å². The molecule has 0 saturated carbocycles. The van der Waals surface area contributed by atoms with E-state index in [-0.39, 0.29) is 16.4 Å². The van der Waals surface area contributed by atoms with Crippen molar-refractivity contribution in [3.8, 4) is 67.5 Å². The lowest BCUT2D eigenvalue weighted by molar-refractivity contribution is 1.08. The highest BCUT2D eigenvalue weighted by Crippen LogP contribution is 2.40. The van der Waals surface area contributed by atoms with Gasteiger partial charge in [0.1, 0.15) is 47.1 Å². The number of thiophene rings is 1. The monoisotopic (exact) mass is 703 g/mol. The summed E-state index contributed by atoms with van der Waals surface area (Å²) in [5.74, 6) is 1.27. The van der Waals surface area contributed by atoms with Gasteiger partial charge in [0, 0.05) is 26.1 Å². The molecule has 0 N–H and O–H groups in total. The number of benzene rings is 7. The topological polar surface area (TPSA) is 38.7 Å². The zero-order valence-corrected chi connectivity index (χ0v) is 30.3. The quantitative estimate of drug-likeness (QED) is 0.229. The third-order valence-electron chi connectivity index (χ3n) is 10.0. The molecule has 0 aliphatic rings. The van der Waals surface area contributed by atoms with Gasteiger partial charge in [-0.1, -0.05) is 161 Å². The van der Waals surface area contributed by atoms with Crippen molar-refractivity contribution in [3.05, 3.63) is 140 Å². The number of nitrogens with zero attached hydrogens (tertiary/aromatic N) is 3. The van der Waals surface area contributed by atoms with Gasteiger partial charge in [0.2, 0.25) is 0 Å². The molecule has 9 rings (SSSR count). The molecule has 12 radical (unpaired) electrons. The van der Waals surface area contributed by atoms with Crippen molar-refractivity contribution in [2.24, 2.45) is 0 Å². The summed E-state index contributed by atoms with van der Waals surface area (Å²) in [6.45, 7) is 0. The van der Waals surface area contributed by atoms with Gasteiger partial charge in [0.05, 0.1) is 0 Å². The van der Waals surface area contributed by atoms with Crippen molar-refractivity contribution in [1.82, 2.24) is 15.0 Å². The molecule has 0 fully saturated rings. The van der Waals surface area contributed by atoms with Gasteiger partial charge in [-0.25, -0.2) is 15.0 Å². The van der Waals surface area contributed by atoms with Crippen LogP contribution in [0, 0.1) is 0 Å². The van der Waals surface area contributed by atoms with Crippen LogP contribution >= 0.6 is 11.3 Å². The number of hydrogen-bond donors (Lipinski definition) is 0. The van der Waals surface area contributed by atoms with Gasteiger partial charge in [-0.15, -0.1) is 22.3 Å². The van der Waals surface area contributed by atoms with Crippen molar-refractivity contribution in [2.75, 3.05) is 0 Å². The molecule has 7 aromatic carbocycles. The minimum absolute atomic E-state index is 0.196. The maximum atomic E-state index is 6.92. The van der Waals surface area contributed by atoms with Crippen molar-refractivity contribution < 1.29 is 0 Å². The first-order valence-corrected chi connectivity index (χ1v) is 18.4. The first-order chi connectivity index (χ1) is 26.8. The Morgan fingerprint density at radius 3 is 1.05 bits per heavy atom. The molecular weight excluding hydrogens is 679 g/mol. The van der Waals surface area contributed by atoms with Crippen LogP contribution in [-0.2, 0) is 0 Å². The van der Waals surface area contributed by atoms with E-state index < -0.39 is 0 Å². The molecular formula is C45H23B6N3S. The molecule has 242 valence electrons.